The van der Waals surface area contributed by atoms with Gasteiger partial charge < -0.3 is 10.1 Å². The molecule has 1 atom stereocenters. The van der Waals surface area contributed by atoms with Crippen molar-refractivity contribution in [2.45, 2.75) is 50.2 Å². The Labute approximate surface area is 194 Å². The molecule has 166 valence electrons. The van der Waals surface area contributed by atoms with E-state index in [4.69, 9.17) is 4.74 Å². The summed E-state index contributed by atoms with van der Waals surface area (Å²) in [4.78, 5) is 17.3. The molecule has 1 saturated carbocycles. The van der Waals surface area contributed by atoms with E-state index in [2.05, 4.69) is 58.8 Å². The topological polar surface area (TPSA) is 75.0 Å². The van der Waals surface area contributed by atoms with E-state index in [1.807, 2.05) is 25.3 Å². The third-order valence-corrected chi connectivity index (χ3v) is 7.01. The molecule has 2 aromatic carbocycles. The molecule has 5 nitrogen and oxygen atoms in total. The Hall–Kier alpha value is -3.49. The highest BCUT2D eigenvalue weighted by molar-refractivity contribution is 5.94. The molecule has 1 fully saturated rings. The Morgan fingerprint density at radius 2 is 1.91 bits per heavy atom. The molecule has 1 N–H and O–H groups in total. The molecule has 0 bridgehead atoms. The summed E-state index contributed by atoms with van der Waals surface area (Å²) >= 11 is 0. The number of hydrogen-bond donors (Lipinski definition) is 1. The van der Waals surface area contributed by atoms with Crippen LogP contribution in [-0.4, -0.2) is 17.5 Å². The first-order valence-corrected chi connectivity index (χ1v) is 11.5. The van der Waals surface area contributed by atoms with Crippen molar-refractivity contribution < 1.29 is 9.53 Å². The molecule has 0 saturated heterocycles. The Bertz CT molecular complexity index is 1210. The second-order valence-electron chi connectivity index (χ2n) is 9.35. The first kappa shape index (κ1) is 21.4. The lowest BCUT2D eigenvalue weighted by molar-refractivity contribution is 0.0757. The number of nitriles is 1. The number of pyridine rings is 1. The number of amides is 1. The van der Waals surface area contributed by atoms with Crippen LogP contribution < -0.4 is 5.32 Å². The van der Waals surface area contributed by atoms with Crippen molar-refractivity contribution in [3.8, 4) is 6.07 Å². The maximum absolute atomic E-state index is 12.8. The van der Waals surface area contributed by atoms with Crippen LogP contribution in [0.1, 0.15) is 69.9 Å². The summed E-state index contributed by atoms with van der Waals surface area (Å²) in [5.41, 5.74) is 5.22. The van der Waals surface area contributed by atoms with E-state index < -0.39 is 5.41 Å². The van der Waals surface area contributed by atoms with Crippen molar-refractivity contribution in [3.05, 3.63) is 100 Å². The maximum Gasteiger partial charge on any atom is 0.251 e. The van der Waals surface area contributed by atoms with Crippen LogP contribution in [0.25, 0.3) is 0 Å². The van der Waals surface area contributed by atoms with Crippen LogP contribution in [0.4, 0.5) is 0 Å². The largest absolute Gasteiger partial charge is 0.375 e. The van der Waals surface area contributed by atoms with Crippen LogP contribution in [0.2, 0.25) is 0 Å². The van der Waals surface area contributed by atoms with E-state index in [0.29, 0.717) is 37.2 Å². The highest BCUT2D eigenvalue weighted by atomic mass is 16.5. The van der Waals surface area contributed by atoms with Gasteiger partial charge in [-0.05, 0) is 78.1 Å². The number of rotatable bonds is 5. The third-order valence-electron chi connectivity index (χ3n) is 7.01. The molecule has 2 aliphatic rings. The van der Waals surface area contributed by atoms with E-state index in [-0.39, 0.29) is 5.91 Å². The van der Waals surface area contributed by atoms with Crippen molar-refractivity contribution in [2.24, 2.45) is 0 Å². The highest BCUT2D eigenvalue weighted by Crippen LogP contribution is 2.47. The smallest absolute Gasteiger partial charge is 0.251 e. The average molecular weight is 438 g/mol. The fraction of sp³-hybridized carbons (Fsp3) is 0.321. The monoisotopic (exact) mass is 437 g/mol. The number of nitrogens with one attached hydrogen (secondary N) is 1. The molecule has 5 heteroatoms. The molecule has 1 aliphatic carbocycles. The molecule has 0 unspecified atom stereocenters. The van der Waals surface area contributed by atoms with Gasteiger partial charge in [-0.2, -0.15) is 5.26 Å². The van der Waals surface area contributed by atoms with Crippen LogP contribution in [0.3, 0.4) is 0 Å². The van der Waals surface area contributed by atoms with Gasteiger partial charge in [0.2, 0.25) is 0 Å². The van der Waals surface area contributed by atoms with Crippen molar-refractivity contribution in [1.82, 2.24) is 10.3 Å². The number of ether oxygens (including phenoxy) is 1. The molecule has 1 amide bonds. The molecule has 2 heterocycles. The van der Waals surface area contributed by atoms with Gasteiger partial charge in [0.15, 0.2) is 0 Å². The maximum atomic E-state index is 12.8. The van der Waals surface area contributed by atoms with E-state index >= 15 is 0 Å². The second kappa shape index (κ2) is 8.80. The molecular weight excluding hydrogens is 410 g/mol. The first-order chi connectivity index (χ1) is 16.1. The molecule has 1 aliphatic heterocycles. The lowest BCUT2D eigenvalue weighted by atomic mass is 9.68. The number of fused-ring (bicyclic) bond motifs is 1. The minimum absolute atomic E-state index is 0.162. The van der Waals surface area contributed by atoms with Gasteiger partial charge in [0.05, 0.1) is 31.5 Å². The standard InChI is InChI=1S/C28H27N3O2/c1-28(17-29)18-33-16-22-8-7-21(14-26(22)28)27(32)31-15-25-13-20(9-10-30-25)24-11-23(12-24)19-5-3-2-4-6-19/h2-10,13-14,23-24H,11-12,15-16,18H2,1H3,(H,31,32)/t23?,24?,28-/m1/s1. The van der Waals surface area contributed by atoms with E-state index in [0.717, 1.165) is 29.7 Å². The van der Waals surface area contributed by atoms with Gasteiger partial charge in [0.1, 0.15) is 5.41 Å². The normalized spacial score (nSPS) is 23.6. The summed E-state index contributed by atoms with van der Waals surface area (Å²) < 4.78 is 5.55. The summed E-state index contributed by atoms with van der Waals surface area (Å²) in [6, 6.07) is 22.7. The van der Waals surface area contributed by atoms with E-state index in [1.165, 1.54) is 11.1 Å². The summed E-state index contributed by atoms with van der Waals surface area (Å²) in [6.07, 6.45) is 4.14. The number of hydrogen-bond acceptors (Lipinski definition) is 4. The fourth-order valence-corrected chi connectivity index (χ4v) is 4.90. The van der Waals surface area contributed by atoms with Crippen LogP contribution in [-0.2, 0) is 23.3 Å². The first-order valence-electron chi connectivity index (χ1n) is 11.5. The zero-order valence-electron chi connectivity index (χ0n) is 18.8. The minimum Gasteiger partial charge on any atom is -0.375 e. The Morgan fingerprint density at radius 3 is 2.70 bits per heavy atom. The summed E-state index contributed by atoms with van der Waals surface area (Å²) in [6.45, 7) is 3.03. The number of nitrogens with zero attached hydrogens (tertiary/aromatic N) is 2. The van der Waals surface area contributed by atoms with Crippen LogP contribution >= 0.6 is 0 Å². The third kappa shape index (κ3) is 4.27. The van der Waals surface area contributed by atoms with Crippen molar-refractivity contribution >= 4 is 5.91 Å². The predicted octanol–water partition coefficient (Wildman–Crippen LogP) is 4.98. The van der Waals surface area contributed by atoms with Gasteiger partial charge in [-0.25, -0.2) is 0 Å². The van der Waals surface area contributed by atoms with Crippen LogP contribution in [0.15, 0.2) is 66.9 Å². The summed E-state index contributed by atoms with van der Waals surface area (Å²) in [5, 5.41) is 12.6. The zero-order chi connectivity index (χ0) is 22.8. The predicted molar refractivity (Wildman–Crippen MR) is 126 cm³/mol. The van der Waals surface area contributed by atoms with Gasteiger partial charge in [-0.3, -0.25) is 9.78 Å². The number of carbonyl (C=O) groups excluding carboxylic acids is 1. The summed E-state index contributed by atoms with van der Waals surface area (Å²) in [7, 11) is 0. The number of benzene rings is 2. The van der Waals surface area contributed by atoms with Gasteiger partial charge >= 0.3 is 0 Å². The second-order valence-corrected chi connectivity index (χ2v) is 9.35. The zero-order valence-corrected chi connectivity index (χ0v) is 18.8. The van der Waals surface area contributed by atoms with Crippen molar-refractivity contribution in [1.29, 1.82) is 5.26 Å². The Morgan fingerprint density at radius 1 is 1.12 bits per heavy atom. The van der Waals surface area contributed by atoms with Gasteiger partial charge in [0, 0.05) is 11.8 Å². The summed E-state index contributed by atoms with van der Waals surface area (Å²) in [5.74, 6) is 1.00. The van der Waals surface area contributed by atoms with Gasteiger partial charge in [-0.15, -0.1) is 0 Å². The minimum atomic E-state index is -0.736. The van der Waals surface area contributed by atoms with Gasteiger partial charge in [-0.1, -0.05) is 36.4 Å². The lowest BCUT2D eigenvalue weighted by Gasteiger charge is -2.36. The molecule has 0 radical (unpaired) electrons. The molecule has 0 spiro atoms. The average Bonchev–Trinajstić information content (AvgIpc) is 2.83. The highest BCUT2D eigenvalue weighted by Gasteiger charge is 2.34. The van der Waals surface area contributed by atoms with Gasteiger partial charge in [0.25, 0.3) is 5.91 Å². The van der Waals surface area contributed by atoms with Crippen LogP contribution in [0.5, 0.6) is 0 Å². The number of aromatic nitrogens is 1. The van der Waals surface area contributed by atoms with Crippen molar-refractivity contribution in [2.75, 3.05) is 6.61 Å². The van der Waals surface area contributed by atoms with Crippen LogP contribution in [0, 0.1) is 11.3 Å². The van der Waals surface area contributed by atoms with Crippen molar-refractivity contribution in [3.63, 3.8) is 0 Å². The SMILES string of the molecule is C[C@@]1(C#N)COCc2ccc(C(=O)NCc3cc(C4CC(c5ccccc5)C4)ccn3)cc21. The number of carbonyl (C=O) groups is 1. The quantitative estimate of drug-likeness (QED) is 0.611. The molecule has 5 rings (SSSR count). The fourth-order valence-electron chi connectivity index (χ4n) is 4.90. The molecular formula is C28H27N3O2. The molecule has 1 aromatic heterocycles. The Kier molecular flexibility index (Phi) is 5.70. The molecule has 33 heavy (non-hydrogen) atoms. The van der Waals surface area contributed by atoms with E-state index in [1.54, 1.807) is 6.07 Å². The Balaban J connectivity index is 1.22. The van der Waals surface area contributed by atoms with E-state index in [9.17, 15) is 10.1 Å². The lowest BCUT2D eigenvalue weighted by Crippen LogP contribution is -2.33. The molecule has 3 aromatic rings.